The van der Waals surface area contributed by atoms with Gasteiger partial charge in [0, 0.05) is 12.6 Å². The highest BCUT2D eigenvalue weighted by atomic mass is 32.2. The van der Waals surface area contributed by atoms with Crippen molar-refractivity contribution >= 4 is 10.0 Å². The number of benzene rings is 1. The van der Waals surface area contributed by atoms with Gasteiger partial charge < -0.3 is 5.73 Å². The Morgan fingerprint density at radius 1 is 1.33 bits per heavy atom. The Morgan fingerprint density at radius 3 is 2.48 bits per heavy atom. The second-order valence-electron chi connectivity index (χ2n) is 4.78. The maximum atomic E-state index is 12.8. The second-order valence-corrected chi connectivity index (χ2v) is 6.52. The lowest BCUT2D eigenvalue weighted by molar-refractivity contribution is -0.138. The SMILES string of the molecule is CCC(N)CCNS(=O)(=O)c1cccc(C(F)(F)F)c1C. The molecule has 0 amide bonds. The van der Waals surface area contributed by atoms with E-state index in [1.54, 1.807) is 0 Å². The van der Waals surface area contributed by atoms with Crippen LogP contribution >= 0.6 is 0 Å². The first kappa shape index (κ1) is 17.9. The lowest BCUT2D eigenvalue weighted by atomic mass is 10.1. The van der Waals surface area contributed by atoms with Crippen molar-refractivity contribution < 1.29 is 21.6 Å². The molecule has 0 saturated heterocycles. The molecule has 3 N–H and O–H groups in total. The number of nitrogens with one attached hydrogen (secondary N) is 1. The summed E-state index contributed by atoms with van der Waals surface area (Å²) in [6.45, 7) is 3.11. The molecular weight excluding hydrogens is 305 g/mol. The average Bonchev–Trinajstić information content (AvgIpc) is 2.36. The largest absolute Gasteiger partial charge is 0.416 e. The molecule has 1 rings (SSSR count). The summed E-state index contributed by atoms with van der Waals surface area (Å²) < 4.78 is 64.8. The van der Waals surface area contributed by atoms with E-state index in [0.29, 0.717) is 12.8 Å². The van der Waals surface area contributed by atoms with Gasteiger partial charge >= 0.3 is 6.18 Å². The lowest BCUT2D eigenvalue weighted by Crippen LogP contribution is -2.30. The maximum Gasteiger partial charge on any atom is 0.416 e. The molecule has 0 fully saturated rings. The number of nitrogens with two attached hydrogens (primary N) is 1. The van der Waals surface area contributed by atoms with E-state index in [1.165, 1.54) is 0 Å². The predicted molar refractivity (Wildman–Crippen MR) is 74.3 cm³/mol. The molecule has 0 heterocycles. The molecule has 4 nitrogen and oxygen atoms in total. The molecule has 1 atom stereocenters. The van der Waals surface area contributed by atoms with Gasteiger partial charge in [-0.15, -0.1) is 0 Å². The van der Waals surface area contributed by atoms with E-state index in [1.807, 2.05) is 6.92 Å². The third-order valence-corrected chi connectivity index (χ3v) is 4.82. The van der Waals surface area contributed by atoms with Gasteiger partial charge in [0.2, 0.25) is 10.0 Å². The zero-order valence-corrected chi connectivity index (χ0v) is 12.7. The standard InChI is InChI=1S/C13H19F3N2O2S/c1-3-10(17)7-8-18-21(19,20)12-6-4-5-11(9(12)2)13(14,15)16/h4-6,10,18H,3,7-8,17H2,1-2H3. The van der Waals surface area contributed by atoms with Gasteiger partial charge in [-0.05, 0) is 37.5 Å². The van der Waals surface area contributed by atoms with E-state index in [0.717, 1.165) is 25.1 Å². The van der Waals surface area contributed by atoms with Crippen LogP contribution in [0, 0.1) is 6.92 Å². The minimum atomic E-state index is -4.58. The quantitative estimate of drug-likeness (QED) is 0.844. The van der Waals surface area contributed by atoms with Crippen molar-refractivity contribution in [3.63, 3.8) is 0 Å². The van der Waals surface area contributed by atoms with Gasteiger partial charge in [-0.25, -0.2) is 13.1 Å². The van der Waals surface area contributed by atoms with Crippen LogP contribution < -0.4 is 10.5 Å². The first-order chi connectivity index (χ1) is 9.59. The summed E-state index contributed by atoms with van der Waals surface area (Å²) in [6, 6.07) is 2.96. The molecule has 21 heavy (non-hydrogen) atoms. The van der Waals surface area contributed by atoms with Gasteiger partial charge in [0.15, 0.2) is 0 Å². The van der Waals surface area contributed by atoms with Gasteiger partial charge in [0.1, 0.15) is 0 Å². The second kappa shape index (κ2) is 6.76. The maximum absolute atomic E-state index is 12.8. The Morgan fingerprint density at radius 2 is 1.95 bits per heavy atom. The lowest BCUT2D eigenvalue weighted by Gasteiger charge is -2.15. The fourth-order valence-corrected chi connectivity index (χ4v) is 3.19. The molecule has 0 radical (unpaired) electrons. The molecule has 1 aromatic carbocycles. The topological polar surface area (TPSA) is 72.2 Å². The Labute approximate surface area is 122 Å². The molecule has 8 heteroatoms. The Balaban J connectivity index is 2.99. The van der Waals surface area contributed by atoms with E-state index >= 15 is 0 Å². The van der Waals surface area contributed by atoms with Crippen LogP contribution in [0.15, 0.2) is 23.1 Å². The number of alkyl halides is 3. The highest BCUT2D eigenvalue weighted by Crippen LogP contribution is 2.34. The number of hydrogen-bond donors (Lipinski definition) is 2. The number of rotatable bonds is 6. The first-order valence-electron chi connectivity index (χ1n) is 6.51. The van der Waals surface area contributed by atoms with E-state index in [2.05, 4.69) is 4.72 Å². The molecule has 120 valence electrons. The monoisotopic (exact) mass is 324 g/mol. The summed E-state index contributed by atoms with van der Waals surface area (Å²) >= 11 is 0. The molecule has 0 aliphatic rings. The zero-order chi connectivity index (χ0) is 16.3. The van der Waals surface area contributed by atoms with Gasteiger partial charge in [-0.3, -0.25) is 0 Å². The smallest absolute Gasteiger partial charge is 0.328 e. The molecule has 0 spiro atoms. The van der Waals surface area contributed by atoms with Gasteiger partial charge in [-0.1, -0.05) is 13.0 Å². The highest BCUT2D eigenvalue weighted by Gasteiger charge is 2.34. The minimum absolute atomic E-state index is 0.0903. The third-order valence-electron chi connectivity index (χ3n) is 3.21. The van der Waals surface area contributed by atoms with Gasteiger partial charge in [0.25, 0.3) is 0 Å². The van der Waals surface area contributed by atoms with Crippen molar-refractivity contribution in [2.75, 3.05) is 6.54 Å². The molecule has 0 aliphatic heterocycles. The fourth-order valence-electron chi connectivity index (χ4n) is 1.87. The van der Waals surface area contributed by atoms with Crippen molar-refractivity contribution in [1.29, 1.82) is 0 Å². The van der Waals surface area contributed by atoms with Crippen LogP contribution in [0.1, 0.15) is 30.9 Å². The number of hydrogen-bond acceptors (Lipinski definition) is 3. The van der Waals surface area contributed by atoms with Crippen molar-refractivity contribution in [1.82, 2.24) is 4.72 Å². The van der Waals surface area contributed by atoms with Crippen LogP contribution in [0.25, 0.3) is 0 Å². The van der Waals surface area contributed by atoms with Crippen LogP contribution in [-0.4, -0.2) is 21.0 Å². The molecule has 1 unspecified atom stereocenters. The summed E-state index contributed by atoms with van der Waals surface area (Å²) in [4.78, 5) is -0.359. The first-order valence-corrected chi connectivity index (χ1v) is 8.00. The Bertz CT molecular complexity index is 586. The van der Waals surface area contributed by atoms with Gasteiger partial charge in [0.05, 0.1) is 10.5 Å². The summed E-state index contributed by atoms with van der Waals surface area (Å²) in [5.41, 5.74) is 4.41. The third kappa shape index (κ3) is 4.69. The zero-order valence-electron chi connectivity index (χ0n) is 11.9. The van der Waals surface area contributed by atoms with Crippen LogP contribution in [0.5, 0.6) is 0 Å². The van der Waals surface area contributed by atoms with E-state index in [4.69, 9.17) is 5.73 Å². The van der Waals surface area contributed by atoms with Crippen LogP contribution in [-0.2, 0) is 16.2 Å². The van der Waals surface area contributed by atoms with Crippen molar-refractivity contribution in [3.8, 4) is 0 Å². The van der Waals surface area contributed by atoms with Crippen LogP contribution in [0.4, 0.5) is 13.2 Å². The molecule has 1 aromatic rings. The van der Waals surface area contributed by atoms with Crippen molar-refractivity contribution in [2.45, 2.75) is 43.8 Å². The van der Waals surface area contributed by atoms with Crippen LogP contribution in [0.3, 0.4) is 0 Å². The summed E-state index contributed by atoms with van der Waals surface area (Å²) in [7, 11) is -3.98. The van der Waals surface area contributed by atoms with Gasteiger partial charge in [-0.2, -0.15) is 13.2 Å². The minimum Gasteiger partial charge on any atom is -0.328 e. The van der Waals surface area contributed by atoms with Crippen molar-refractivity contribution in [2.24, 2.45) is 5.73 Å². The molecule has 0 bridgehead atoms. The highest BCUT2D eigenvalue weighted by molar-refractivity contribution is 7.89. The summed E-state index contributed by atoms with van der Waals surface area (Å²) in [5, 5.41) is 0. The average molecular weight is 324 g/mol. The predicted octanol–water partition coefficient (Wildman–Crippen LogP) is 2.42. The molecule has 0 aliphatic carbocycles. The summed E-state index contributed by atoms with van der Waals surface area (Å²) in [5.74, 6) is 0. The number of halogens is 3. The van der Waals surface area contributed by atoms with Crippen molar-refractivity contribution in [3.05, 3.63) is 29.3 Å². The molecular formula is C13H19F3N2O2S. The molecule has 0 saturated carbocycles. The Kier molecular flexibility index (Phi) is 5.77. The van der Waals surface area contributed by atoms with Crippen LogP contribution in [0.2, 0.25) is 0 Å². The Hall–Kier alpha value is -1.12. The fraction of sp³-hybridized carbons (Fsp3) is 0.538. The van der Waals surface area contributed by atoms with E-state index < -0.39 is 21.8 Å². The molecule has 0 aromatic heterocycles. The number of sulfonamides is 1. The normalized spacial score (nSPS) is 14.2. The summed E-state index contributed by atoms with van der Waals surface area (Å²) in [6.07, 6.45) is -3.46. The van der Waals surface area contributed by atoms with E-state index in [9.17, 15) is 21.6 Å². The van der Waals surface area contributed by atoms with E-state index in [-0.39, 0.29) is 23.0 Å².